The van der Waals surface area contributed by atoms with Gasteiger partial charge in [0, 0.05) is 29.6 Å². The number of carbonyl (C=O) groups excluding carboxylic acids is 1. The summed E-state index contributed by atoms with van der Waals surface area (Å²) in [7, 11) is -0.996. The zero-order chi connectivity index (χ0) is 22.6. The van der Waals surface area contributed by atoms with Crippen LogP contribution in [0.25, 0.3) is 11.1 Å². The van der Waals surface area contributed by atoms with Gasteiger partial charge >= 0.3 is 0 Å². The molecule has 1 N–H and O–H groups in total. The molecule has 31 heavy (non-hydrogen) atoms. The van der Waals surface area contributed by atoms with Gasteiger partial charge in [-0.05, 0) is 30.1 Å². The molecule has 1 heterocycles. The highest BCUT2D eigenvalue weighted by Crippen LogP contribution is 2.43. The summed E-state index contributed by atoms with van der Waals surface area (Å²) in [5.41, 5.74) is 2.93. The minimum absolute atomic E-state index is 0.0338. The third-order valence-electron chi connectivity index (χ3n) is 4.87. The Balaban J connectivity index is 2.17. The van der Waals surface area contributed by atoms with Gasteiger partial charge < -0.3 is 14.6 Å². The number of Topliss-reactive ketones (excluding diaryl/α,β-unsaturated/α-hetero) is 1. The highest BCUT2D eigenvalue weighted by Gasteiger charge is 2.21. The number of hydrogen-bond donors (Lipinski definition) is 1. The lowest BCUT2D eigenvalue weighted by molar-refractivity contribution is 0.0988. The summed E-state index contributed by atoms with van der Waals surface area (Å²) < 4.78 is 18.6. The second-order valence-electron chi connectivity index (χ2n) is 7.34. The predicted octanol–water partition coefficient (Wildman–Crippen LogP) is 5.74. The van der Waals surface area contributed by atoms with Crippen LogP contribution in [0.3, 0.4) is 0 Å². The Morgan fingerprint density at radius 3 is 2.45 bits per heavy atom. The summed E-state index contributed by atoms with van der Waals surface area (Å²) in [6.07, 6.45) is 1.64. The molecule has 8 heteroatoms. The van der Waals surface area contributed by atoms with Crippen LogP contribution in [0.1, 0.15) is 23.7 Å². The number of carbonyl (C=O) groups is 1. The molecule has 0 fully saturated rings. The van der Waals surface area contributed by atoms with Crippen molar-refractivity contribution in [2.45, 2.75) is 13.3 Å². The maximum Gasteiger partial charge on any atom is 0.198 e. The Morgan fingerprint density at radius 2 is 1.81 bits per heavy atom. The fourth-order valence-corrected chi connectivity index (χ4v) is 4.61. The number of pyridine rings is 1. The standard InChI is InChI=1S/C23H24N3O4P/c1-5-20(27)17-14-24-22(26-28)13-19(17)25-18-11-8-10-16(23(18)30-2)15-9-6-7-12-21(15)31(3,4)29/h6-14H,5H2,1-4H3,(H,24,25). The molecule has 1 aromatic heterocycles. The molecule has 0 saturated heterocycles. The number of nitrogens with zero attached hydrogens (tertiary/aromatic N) is 2. The number of anilines is 2. The van der Waals surface area contributed by atoms with Gasteiger partial charge in [0.25, 0.3) is 0 Å². The first-order valence-electron chi connectivity index (χ1n) is 9.75. The molecule has 160 valence electrons. The SMILES string of the molecule is CCC(=O)c1cnc(N=O)cc1Nc1cccc(-c2ccccc2P(C)(C)=O)c1OC. The van der Waals surface area contributed by atoms with Crippen LogP contribution >= 0.6 is 7.14 Å². The quantitative estimate of drug-likeness (QED) is 0.274. The van der Waals surface area contributed by atoms with Crippen molar-refractivity contribution < 1.29 is 14.1 Å². The third kappa shape index (κ3) is 4.72. The highest BCUT2D eigenvalue weighted by molar-refractivity contribution is 7.70. The van der Waals surface area contributed by atoms with Crippen LogP contribution in [0.4, 0.5) is 17.2 Å². The first kappa shape index (κ1) is 22.4. The van der Waals surface area contributed by atoms with Crippen molar-refractivity contribution in [3.05, 3.63) is 65.2 Å². The lowest BCUT2D eigenvalue weighted by Gasteiger charge is -2.19. The van der Waals surface area contributed by atoms with Gasteiger partial charge in [0.1, 0.15) is 12.9 Å². The molecule has 3 rings (SSSR count). The van der Waals surface area contributed by atoms with Crippen molar-refractivity contribution in [1.82, 2.24) is 4.98 Å². The zero-order valence-corrected chi connectivity index (χ0v) is 18.8. The highest BCUT2D eigenvalue weighted by atomic mass is 31.2. The maximum absolute atomic E-state index is 12.9. The third-order valence-corrected chi connectivity index (χ3v) is 6.42. The second-order valence-corrected chi connectivity index (χ2v) is 10.5. The van der Waals surface area contributed by atoms with Crippen LogP contribution in [0, 0.1) is 4.91 Å². The van der Waals surface area contributed by atoms with Crippen molar-refractivity contribution in [3.8, 4) is 16.9 Å². The zero-order valence-electron chi connectivity index (χ0n) is 17.9. The van der Waals surface area contributed by atoms with E-state index in [1.165, 1.54) is 12.3 Å². The van der Waals surface area contributed by atoms with Gasteiger partial charge in [0.05, 0.1) is 24.0 Å². The molecule has 7 nitrogen and oxygen atoms in total. The number of hydrogen-bond acceptors (Lipinski definition) is 7. The van der Waals surface area contributed by atoms with Crippen LogP contribution < -0.4 is 15.4 Å². The Hall–Kier alpha value is -3.31. The topological polar surface area (TPSA) is 97.7 Å². The van der Waals surface area contributed by atoms with E-state index in [-0.39, 0.29) is 18.0 Å². The molecule has 2 aromatic carbocycles. The van der Waals surface area contributed by atoms with Crippen LogP contribution in [0.15, 0.2) is 59.9 Å². The Kier molecular flexibility index (Phi) is 6.66. The lowest BCUT2D eigenvalue weighted by atomic mass is 10.0. The van der Waals surface area contributed by atoms with E-state index in [0.717, 1.165) is 16.4 Å². The number of benzene rings is 2. The fourth-order valence-electron chi connectivity index (χ4n) is 3.39. The first-order chi connectivity index (χ1) is 14.8. The van der Waals surface area contributed by atoms with Gasteiger partial charge in [-0.25, -0.2) is 4.98 Å². The van der Waals surface area contributed by atoms with Crippen LogP contribution in [-0.2, 0) is 4.57 Å². The maximum atomic E-state index is 12.9. The minimum atomic E-state index is -2.54. The Labute approximate surface area is 181 Å². The van der Waals surface area contributed by atoms with Gasteiger partial charge in [-0.3, -0.25) is 4.79 Å². The molecule has 0 amide bonds. The molecule has 0 radical (unpaired) electrons. The molecule has 0 aliphatic carbocycles. The number of rotatable bonds is 8. The van der Waals surface area contributed by atoms with E-state index in [2.05, 4.69) is 15.5 Å². The predicted molar refractivity (Wildman–Crippen MR) is 125 cm³/mol. The molecular weight excluding hydrogens is 413 g/mol. The molecule has 0 aliphatic heterocycles. The van der Waals surface area contributed by atoms with Crippen LogP contribution in [0.2, 0.25) is 0 Å². The Morgan fingerprint density at radius 1 is 1.10 bits per heavy atom. The fraction of sp³-hybridized carbons (Fsp3) is 0.217. The van der Waals surface area contributed by atoms with E-state index in [9.17, 15) is 14.3 Å². The number of para-hydroxylation sites is 1. The molecule has 3 aromatic rings. The van der Waals surface area contributed by atoms with E-state index < -0.39 is 7.14 Å². The molecular formula is C23H24N3O4P. The first-order valence-corrected chi connectivity index (χ1v) is 12.4. The summed E-state index contributed by atoms with van der Waals surface area (Å²) in [6, 6.07) is 14.5. The molecule has 0 saturated carbocycles. The van der Waals surface area contributed by atoms with Gasteiger partial charge in [-0.2, -0.15) is 0 Å². The van der Waals surface area contributed by atoms with Gasteiger partial charge in [-0.1, -0.05) is 43.3 Å². The molecule has 0 atom stereocenters. The van der Waals surface area contributed by atoms with Crippen molar-refractivity contribution in [1.29, 1.82) is 0 Å². The number of nitrogens with one attached hydrogen (secondary N) is 1. The monoisotopic (exact) mass is 437 g/mol. The second kappa shape index (κ2) is 9.23. The van der Waals surface area contributed by atoms with Crippen molar-refractivity contribution in [2.24, 2.45) is 5.18 Å². The largest absolute Gasteiger partial charge is 0.494 e. The van der Waals surface area contributed by atoms with Crippen molar-refractivity contribution in [2.75, 3.05) is 25.8 Å². The van der Waals surface area contributed by atoms with Gasteiger partial charge in [0.2, 0.25) is 0 Å². The summed E-state index contributed by atoms with van der Waals surface area (Å²) in [5.74, 6) is 0.370. The number of nitroso groups, excluding NO2 is 1. The van der Waals surface area contributed by atoms with Crippen molar-refractivity contribution >= 4 is 35.4 Å². The molecule has 0 spiro atoms. The van der Waals surface area contributed by atoms with Crippen LogP contribution in [-0.4, -0.2) is 31.2 Å². The van der Waals surface area contributed by atoms with E-state index in [1.54, 1.807) is 33.4 Å². The average Bonchev–Trinajstić information content (AvgIpc) is 2.77. The van der Waals surface area contributed by atoms with Gasteiger partial charge in [-0.15, -0.1) is 4.91 Å². The van der Waals surface area contributed by atoms with E-state index in [1.807, 2.05) is 36.4 Å². The summed E-state index contributed by atoms with van der Waals surface area (Å²) >= 11 is 0. The average molecular weight is 437 g/mol. The molecule has 0 aliphatic rings. The van der Waals surface area contributed by atoms with E-state index in [0.29, 0.717) is 22.7 Å². The number of ketones is 1. The number of methoxy groups -OCH3 is 1. The number of ether oxygens (including phenoxy) is 1. The lowest BCUT2D eigenvalue weighted by Crippen LogP contribution is -2.08. The van der Waals surface area contributed by atoms with Gasteiger partial charge in [0.15, 0.2) is 11.6 Å². The summed E-state index contributed by atoms with van der Waals surface area (Å²) in [4.78, 5) is 27.3. The normalized spacial score (nSPS) is 11.1. The Bertz CT molecular complexity index is 1190. The van der Waals surface area contributed by atoms with Crippen molar-refractivity contribution in [3.63, 3.8) is 0 Å². The minimum Gasteiger partial charge on any atom is -0.494 e. The smallest absolute Gasteiger partial charge is 0.198 e. The van der Waals surface area contributed by atoms with E-state index >= 15 is 0 Å². The summed E-state index contributed by atoms with van der Waals surface area (Å²) in [5, 5.41) is 6.82. The van der Waals surface area contributed by atoms with Crippen LogP contribution in [0.5, 0.6) is 5.75 Å². The molecule has 0 unspecified atom stereocenters. The summed E-state index contributed by atoms with van der Waals surface area (Å²) in [6.45, 7) is 5.21. The van der Waals surface area contributed by atoms with E-state index in [4.69, 9.17) is 4.74 Å². The number of aromatic nitrogens is 1. The molecule has 0 bridgehead atoms.